The second-order valence-electron chi connectivity index (χ2n) is 6.65. The van der Waals surface area contributed by atoms with Crippen molar-refractivity contribution in [2.45, 2.75) is 26.2 Å². The Kier molecular flexibility index (Phi) is 7.09. The molecule has 0 atom stereocenters. The molecule has 2 aromatic rings. The van der Waals surface area contributed by atoms with Crippen LogP contribution in [0, 0.1) is 0 Å². The van der Waals surface area contributed by atoms with Crippen molar-refractivity contribution in [2.24, 2.45) is 5.10 Å². The number of rotatable bonds is 5. The maximum absolute atomic E-state index is 11.9. The van der Waals surface area contributed by atoms with Crippen molar-refractivity contribution in [1.82, 2.24) is 5.43 Å². The third kappa shape index (κ3) is 6.01. The van der Waals surface area contributed by atoms with Crippen molar-refractivity contribution in [3.63, 3.8) is 0 Å². The van der Waals surface area contributed by atoms with Gasteiger partial charge in [-0.1, -0.05) is 56.1 Å². The Balaban J connectivity index is 1.88. The lowest BCUT2D eigenvalue weighted by molar-refractivity contribution is -0.123. The normalized spacial score (nSPS) is 11.6. The minimum absolute atomic E-state index is 0.0394. The van der Waals surface area contributed by atoms with E-state index in [-0.39, 0.29) is 17.9 Å². The largest absolute Gasteiger partial charge is 0.483 e. The molecule has 0 heterocycles. The summed E-state index contributed by atoms with van der Waals surface area (Å²) in [7, 11) is 0. The van der Waals surface area contributed by atoms with Gasteiger partial charge >= 0.3 is 0 Å². The highest BCUT2D eigenvalue weighted by atomic mass is 79.9. The number of amides is 1. The number of carbonyl (C=O) groups excluding carboxylic acids is 1. The SMILES string of the molecule is CC(C)(C)c1ccc(OCC(=O)N/N=C/c2ccc(Cl)c(Cl)c2)c(Br)c1. The highest BCUT2D eigenvalue weighted by Gasteiger charge is 2.15. The minimum atomic E-state index is -0.367. The van der Waals surface area contributed by atoms with Gasteiger partial charge in [-0.3, -0.25) is 4.79 Å². The van der Waals surface area contributed by atoms with E-state index in [9.17, 15) is 4.79 Å². The summed E-state index contributed by atoms with van der Waals surface area (Å²) in [4.78, 5) is 11.9. The van der Waals surface area contributed by atoms with E-state index < -0.39 is 0 Å². The summed E-state index contributed by atoms with van der Waals surface area (Å²) in [6.45, 7) is 6.25. The average molecular weight is 458 g/mol. The van der Waals surface area contributed by atoms with Crippen LogP contribution in [0.1, 0.15) is 31.9 Å². The third-order valence-electron chi connectivity index (χ3n) is 3.50. The molecule has 0 saturated carbocycles. The number of carbonyl (C=O) groups is 1. The van der Waals surface area contributed by atoms with Crippen molar-refractivity contribution in [3.8, 4) is 5.75 Å². The number of benzene rings is 2. The van der Waals surface area contributed by atoms with Crippen LogP contribution in [-0.2, 0) is 10.2 Å². The third-order valence-corrected chi connectivity index (χ3v) is 4.86. The molecule has 0 aromatic heterocycles. The van der Waals surface area contributed by atoms with E-state index in [4.69, 9.17) is 27.9 Å². The van der Waals surface area contributed by atoms with Crippen molar-refractivity contribution in [1.29, 1.82) is 0 Å². The topological polar surface area (TPSA) is 50.7 Å². The molecule has 0 aliphatic carbocycles. The molecular formula is C19H19BrCl2N2O2. The van der Waals surface area contributed by atoms with Gasteiger partial charge in [0.25, 0.3) is 5.91 Å². The van der Waals surface area contributed by atoms with Gasteiger partial charge in [0.1, 0.15) is 5.75 Å². The summed E-state index contributed by atoms with van der Waals surface area (Å²) < 4.78 is 6.34. The smallest absolute Gasteiger partial charge is 0.277 e. The molecule has 138 valence electrons. The zero-order valence-corrected chi connectivity index (χ0v) is 17.7. The van der Waals surface area contributed by atoms with E-state index in [1.165, 1.54) is 11.8 Å². The molecule has 0 fully saturated rings. The molecule has 0 aliphatic rings. The van der Waals surface area contributed by atoms with Crippen molar-refractivity contribution >= 4 is 51.3 Å². The van der Waals surface area contributed by atoms with Crippen LogP contribution in [0.25, 0.3) is 0 Å². The van der Waals surface area contributed by atoms with Crippen LogP contribution in [0.5, 0.6) is 5.75 Å². The number of nitrogens with zero attached hydrogens (tertiary/aromatic N) is 1. The fraction of sp³-hybridized carbons (Fsp3) is 0.263. The van der Waals surface area contributed by atoms with E-state index in [0.717, 1.165) is 10.0 Å². The molecule has 2 rings (SSSR count). The Hall–Kier alpha value is -1.56. The summed E-state index contributed by atoms with van der Waals surface area (Å²) >= 11 is 15.2. The molecule has 1 N–H and O–H groups in total. The zero-order chi connectivity index (χ0) is 19.3. The zero-order valence-electron chi connectivity index (χ0n) is 14.6. The molecule has 4 nitrogen and oxygen atoms in total. The molecule has 26 heavy (non-hydrogen) atoms. The molecular weight excluding hydrogens is 439 g/mol. The minimum Gasteiger partial charge on any atom is -0.483 e. The first kappa shape index (κ1) is 20.7. The van der Waals surface area contributed by atoms with Crippen molar-refractivity contribution < 1.29 is 9.53 Å². The Morgan fingerprint density at radius 2 is 1.92 bits per heavy atom. The Morgan fingerprint density at radius 1 is 1.19 bits per heavy atom. The average Bonchev–Trinajstić information content (AvgIpc) is 2.56. The Morgan fingerprint density at radius 3 is 2.54 bits per heavy atom. The molecule has 2 aromatic carbocycles. The van der Waals surface area contributed by atoms with E-state index in [0.29, 0.717) is 15.8 Å². The quantitative estimate of drug-likeness (QED) is 0.470. The molecule has 0 aliphatic heterocycles. The van der Waals surface area contributed by atoms with Crippen molar-refractivity contribution in [2.75, 3.05) is 6.61 Å². The van der Waals surface area contributed by atoms with Crippen LogP contribution in [0.4, 0.5) is 0 Å². The lowest BCUT2D eigenvalue weighted by atomic mass is 9.87. The van der Waals surface area contributed by atoms with E-state index >= 15 is 0 Å². The first-order chi connectivity index (χ1) is 12.2. The second-order valence-corrected chi connectivity index (χ2v) is 8.32. The van der Waals surface area contributed by atoms with Gasteiger partial charge in [0.15, 0.2) is 6.61 Å². The van der Waals surface area contributed by atoms with Gasteiger partial charge in [-0.15, -0.1) is 0 Å². The van der Waals surface area contributed by atoms with Gasteiger partial charge < -0.3 is 4.74 Å². The van der Waals surface area contributed by atoms with Gasteiger partial charge in [0.05, 0.1) is 20.7 Å². The summed E-state index contributed by atoms with van der Waals surface area (Å²) in [5, 5.41) is 4.76. The number of hydrogen-bond donors (Lipinski definition) is 1. The monoisotopic (exact) mass is 456 g/mol. The highest BCUT2D eigenvalue weighted by molar-refractivity contribution is 9.10. The lowest BCUT2D eigenvalue weighted by Gasteiger charge is -2.20. The maximum Gasteiger partial charge on any atom is 0.277 e. The standard InChI is InChI=1S/C19H19BrCl2N2O2/c1-19(2,3)13-5-7-17(14(20)9-13)26-11-18(25)24-23-10-12-4-6-15(21)16(22)8-12/h4-10H,11H2,1-3H3,(H,24,25)/b23-10+. The number of hydrazone groups is 1. The maximum atomic E-state index is 11.9. The van der Waals surface area contributed by atoms with Crippen LogP contribution >= 0.6 is 39.1 Å². The summed E-state index contributed by atoms with van der Waals surface area (Å²) in [6, 6.07) is 10.9. The van der Waals surface area contributed by atoms with E-state index in [1.54, 1.807) is 18.2 Å². The molecule has 7 heteroatoms. The van der Waals surface area contributed by atoms with Crippen LogP contribution in [0.3, 0.4) is 0 Å². The first-order valence-corrected chi connectivity index (χ1v) is 9.41. The summed E-state index contributed by atoms with van der Waals surface area (Å²) in [6.07, 6.45) is 1.48. The number of halogens is 3. The molecule has 0 unspecified atom stereocenters. The molecule has 0 saturated heterocycles. The fourth-order valence-electron chi connectivity index (χ4n) is 2.03. The van der Waals surface area contributed by atoms with Crippen LogP contribution in [-0.4, -0.2) is 18.7 Å². The predicted molar refractivity (Wildman–Crippen MR) is 111 cm³/mol. The van der Waals surface area contributed by atoms with Gasteiger partial charge in [-0.05, 0) is 56.7 Å². The fourth-order valence-corrected chi connectivity index (χ4v) is 2.83. The number of hydrogen-bond acceptors (Lipinski definition) is 3. The second kappa shape index (κ2) is 8.89. The van der Waals surface area contributed by atoms with Crippen molar-refractivity contribution in [3.05, 3.63) is 62.0 Å². The van der Waals surface area contributed by atoms with E-state index in [1.807, 2.05) is 18.2 Å². The molecule has 0 bridgehead atoms. The Labute approximate surface area is 171 Å². The van der Waals surface area contributed by atoms with Gasteiger partial charge in [-0.25, -0.2) is 5.43 Å². The van der Waals surface area contributed by atoms with Gasteiger partial charge in [0, 0.05) is 0 Å². The molecule has 1 amide bonds. The Bertz CT molecular complexity index is 833. The summed E-state index contributed by atoms with van der Waals surface area (Å²) in [5.41, 5.74) is 4.34. The van der Waals surface area contributed by atoms with Gasteiger partial charge in [-0.2, -0.15) is 5.10 Å². The first-order valence-electron chi connectivity index (χ1n) is 7.86. The van der Waals surface area contributed by atoms with Gasteiger partial charge in [0.2, 0.25) is 0 Å². The predicted octanol–water partition coefficient (Wildman–Crippen LogP) is 5.58. The number of ether oxygens (including phenoxy) is 1. The van der Waals surface area contributed by atoms with Crippen LogP contribution in [0.15, 0.2) is 46.0 Å². The van der Waals surface area contributed by atoms with Crippen LogP contribution in [0.2, 0.25) is 10.0 Å². The highest BCUT2D eigenvalue weighted by Crippen LogP contribution is 2.31. The molecule has 0 spiro atoms. The molecule has 0 radical (unpaired) electrons. The number of nitrogens with one attached hydrogen (secondary N) is 1. The lowest BCUT2D eigenvalue weighted by Crippen LogP contribution is -2.24. The van der Waals surface area contributed by atoms with Crippen LogP contribution < -0.4 is 10.2 Å². The van der Waals surface area contributed by atoms with E-state index in [2.05, 4.69) is 47.2 Å². The summed E-state index contributed by atoms with van der Waals surface area (Å²) in [5.74, 6) is 0.231.